The van der Waals surface area contributed by atoms with Crippen molar-refractivity contribution in [3.63, 3.8) is 0 Å². The Morgan fingerprint density at radius 3 is 2.15 bits per heavy atom. The molecule has 0 aliphatic heterocycles. The molecule has 4 heteroatoms. The minimum Gasteiger partial charge on any atom is -0.370 e. The maximum Gasteiger partial charge on any atom is 0.138 e. The molecule has 20 heavy (non-hydrogen) atoms. The quantitative estimate of drug-likeness (QED) is 0.700. The van der Waals surface area contributed by atoms with Crippen LogP contribution in [0.3, 0.4) is 0 Å². The topological polar surface area (TPSA) is 49.8 Å². The molecule has 0 saturated carbocycles. The standard InChI is InChI=1S/C16H30N4/c1-6-8-9-10-11-18-14-12-13(17-7-2)19-15(20-14)16(3,4)5/h12H,6-11H2,1-5H3,(H2,17,18,19,20). The second kappa shape index (κ2) is 8.08. The first kappa shape index (κ1) is 16.7. The molecule has 0 amide bonds. The Morgan fingerprint density at radius 2 is 1.60 bits per heavy atom. The van der Waals surface area contributed by atoms with E-state index < -0.39 is 0 Å². The summed E-state index contributed by atoms with van der Waals surface area (Å²) in [5.41, 5.74) is -0.0376. The zero-order valence-corrected chi connectivity index (χ0v) is 13.7. The normalized spacial score (nSPS) is 11.4. The summed E-state index contributed by atoms with van der Waals surface area (Å²) in [6, 6.07) is 2.00. The third-order valence-electron chi connectivity index (χ3n) is 3.09. The van der Waals surface area contributed by atoms with Crippen molar-refractivity contribution in [2.75, 3.05) is 23.7 Å². The maximum atomic E-state index is 4.64. The molecule has 0 aromatic carbocycles. The summed E-state index contributed by atoms with van der Waals surface area (Å²) in [5, 5.41) is 6.70. The molecule has 4 nitrogen and oxygen atoms in total. The summed E-state index contributed by atoms with van der Waals surface area (Å²) in [7, 11) is 0. The number of rotatable bonds is 8. The van der Waals surface area contributed by atoms with Crippen molar-refractivity contribution in [2.45, 2.75) is 65.7 Å². The van der Waals surface area contributed by atoms with Crippen LogP contribution in [0.25, 0.3) is 0 Å². The molecule has 0 saturated heterocycles. The van der Waals surface area contributed by atoms with E-state index in [-0.39, 0.29) is 5.41 Å². The van der Waals surface area contributed by atoms with Crippen molar-refractivity contribution in [2.24, 2.45) is 0 Å². The van der Waals surface area contributed by atoms with E-state index in [0.29, 0.717) is 0 Å². The van der Waals surface area contributed by atoms with E-state index in [9.17, 15) is 0 Å². The fourth-order valence-corrected chi connectivity index (χ4v) is 1.91. The zero-order chi connectivity index (χ0) is 15.0. The lowest BCUT2D eigenvalue weighted by Crippen LogP contribution is -2.18. The van der Waals surface area contributed by atoms with Crippen molar-refractivity contribution < 1.29 is 0 Å². The average molecular weight is 278 g/mol. The lowest BCUT2D eigenvalue weighted by Gasteiger charge is -2.19. The van der Waals surface area contributed by atoms with Crippen LogP contribution in [-0.4, -0.2) is 23.1 Å². The van der Waals surface area contributed by atoms with Crippen molar-refractivity contribution in [1.82, 2.24) is 9.97 Å². The Labute approximate surface area is 123 Å². The molecule has 0 bridgehead atoms. The Morgan fingerprint density at radius 1 is 0.950 bits per heavy atom. The Bertz CT molecular complexity index is 396. The van der Waals surface area contributed by atoms with Crippen LogP contribution in [0, 0.1) is 0 Å². The molecule has 0 fully saturated rings. The number of unbranched alkanes of at least 4 members (excludes halogenated alkanes) is 3. The number of nitrogens with zero attached hydrogens (tertiary/aromatic N) is 2. The molecule has 2 N–H and O–H groups in total. The fraction of sp³-hybridized carbons (Fsp3) is 0.750. The highest BCUT2D eigenvalue weighted by atomic mass is 15.1. The van der Waals surface area contributed by atoms with Gasteiger partial charge >= 0.3 is 0 Å². The van der Waals surface area contributed by atoms with Crippen LogP contribution in [0.15, 0.2) is 6.07 Å². The van der Waals surface area contributed by atoms with Gasteiger partial charge in [-0.2, -0.15) is 0 Å². The van der Waals surface area contributed by atoms with Crippen LogP contribution in [0.4, 0.5) is 11.6 Å². The van der Waals surface area contributed by atoms with E-state index in [0.717, 1.165) is 30.5 Å². The van der Waals surface area contributed by atoms with E-state index in [4.69, 9.17) is 0 Å². The van der Waals surface area contributed by atoms with Crippen LogP contribution >= 0.6 is 0 Å². The summed E-state index contributed by atoms with van der Waals surface area (Å²) in [4.78, 5) is 9.23. The van der Waals surface area contributed by atoms with Gasteiger partial charge in [0.15, 0.2) is 0 Å². The van der Waals surface area contributed by atoms with Gasteiger partial charge in [0.05, 0.1) is 0 Å². The van der Waals surface area contributed by atoms with E-state index >= 15 is 0 Å². The van der Waals surface area contributed by atoms with Gasteiger partial charge in [0.25, 0.3) is 0 Å². The van der Waals surface area contributed by atoms with E-state index in [2.05, 4.69) is 55.2 Å². The van der Waals surface area contributed by atoms with Gasteiger partial charge in [-0.3, -0.25) is 0 Å². The SMILES string of the molecule is CCCCCCNc1cc(NCC)nc(C(C)(C)C)n1. The highest BCUT2D eigenvalue weighted by Crippen LogP contribution is 2.22. The first-order valence-corrected chi connectivity index (χ1v) is 7.84. The molecular weight excluding hydrogens is 248 g/mol. The third kappa shape index (κ3) is 5.76. The van der Waals surface area contributed by atoms with Crippen LogP contribution in [0.1, 0.15) is 66.1 Å². The van der Waals surface area contributed by atoms with Crippen LogP contribution in [-0.2, 0) is 5.41 Å². The van der Waals surface area contributed by atoms with Crippen molar-refractivity contribution in [3.05, 3.63) is 11.9 Å². The Hall–Kier alpha value is -1.32. The van der Waals surface area contributed by atoms with Gasteiger partial charge in [0.1, 0.15) is 17.5 Å². The van der Waals surface area contributed by atoms with Gasteiger partial charge in [0, 0.05) is 24.6 Å². The van der Waals surface area contributed by atoms with Gasteiger partial charge in [-0.25, -0.2) is 9.97 Å². The van der Waals surface area contributed by atoms with Crippen molar-refractivity contribution in [3.8, 4) is 0 Å². The second-order valence-electron chi connectivity index (χ2n) is 6.23. The maximum absolute atomic E-state index is 4.64. The molecule has 114 valence electrons. The lowest BCUT2D eigenvalue weighted by atomic mass is 9.96. The number of anilines is 2. The van der Waals surface area contributed by atoms with Gasteiger partial charge in [0.2, 0.25) is 0 Å². The summed E-state index contributed by atoms with van der Waals surface area (Å²) in [6.45, 7) is 12.6. The average Bonchev–Trinajstić information content (AvgIpc) is 2.38. The van der Waals surface area contributed by atoms with Crippen molar-refractivity contribution in [1.29, 1.82) is 0 Å². The van der Waals surface area contributed by atoms with Crippen molar-refractivity contribution >= 4 is 11.6 Å². The summed E-state index contributed by atoms with van der Waals surface area (Å²) in [6.07, 6.45) is 5.05. The van der Waals surface area contributed by atoms with Crippen LogP contribution in [0.2, 0.25) is 0 Å². The highest BCUT2D eigenvalue weighted by molar-refractivity contribution is 5.48. The molecule has 0 radical (unpaired) electrons. The largest absolute Gasteiger partial charge is 0.370 e. The molecular formula is C16H30N4. The Kier molecular flexibility index (Phi) is 6.76. The molecule has 0 aliphatic carbocycles. The fourth-order valence-electron chi connectivity index (χ4n) is 1.91. The van der Waals surface area contributed by atoms with Gasteiger partial charge in [-0.1, -0.05) is 47.0 Å². The number of nitrogens with one attached hydrogen (secondary N) is 2. The summed E-state index contributed by atoms with van der Waals surface area (Å²) >= 11 is 0. The van der Waals surface area contributed by atoms with E-state index in [1.807, 2.05) is 6.07 Å². The number of hydrogen-bond acceptors (Lipinski definition) is 4. The molecule has 0 unspecified atom stereocenters. The van der Waals surface area contributed by atoms with Crippen LogP contribution < -0.4 is 10.6 Å². The number of hydrogen-bond donors (Lipinski definition) is 2. The molecule has 0 aliphatic rings. The van der Waals surface area contributed by atoms with Gasteiger partial charge in [-0.15, -0.1) is 0 Å². The van der Waals surface area contributed by atoms with Gasteiger partial charge in [-0.05, 0) is 13.3 Å². The minimum absolute atomic E-state index is 0.0376. The zero-order valence-electron chi connectivity index (χ0n) is 13.7. The molecule has 1 rings (SSSR count). The first-order chi connectivity index (χ1) is 9.47. The van der Waals surface area contributed by atoms with E-state index in [1.165, 1.54) is 25.7 Å². The van der Waals surface area contributed by atoms with Gasteiger partial charge < -0.3 is 10.6 Å². The minimum atomic E-state index is -0.0376. The molecule has 1 aromatic rings. The molecule has 1 aromatic heterocycles. The van der Waals surface area contributed by atoms with Crippen LogP contribution in [0.5, 0.6) is 0 Å². The molecule has 0 atom stereocenters. The summed E-state index contributed by atoms with van der Waals surface area (Å²) in [5.74, 6) is 2.72. The first-order valence-electron chi connectivity index (χ1n) is 7.84. The summed E-state index contributed by atoms with van der Waals surface area (Å²) < 4.78 is 0. The predicted molar refractivity (Wildman–Crippen MR) is 87.5 cm³/mol. The lowest BCUT2D eigenvalue weighted by molar-refractivity contribution is 0.546. The highest BCUT2D eigenvalue weighted by Gasteiger charge is 2.18. The Balaban J connectivity index is 2.71. The molecule has 1 heterocycles. The smallest absolute Gasteiger partial charge is 0.138 e. The predicted octanol–water partition coefficient (Wildman–Crippen LogP) is 4.20. The number of aromatic nitrogens is 2. The third-order valence-corrected chi connectivity index (χ3v) is 3.09. The molecule has 0 spiro atoms. The second-order valence-corrected chi connectivity index (χ2v) is 6.23. The monoisotopic (exact) mass is 278 g/mol. The van der Waals surface area contributed by atoms with E-state index in [1.54, 1.807) is 0 Å².